The van der Waals surface area contributed by atoms with E-state index in [0.717, 1.165) is 48.1 Å². The average Bonchev–Trinajstić information content (AvgIpc) is 3.03. The Kier molecular flexibility index (Phi) is 7.42. The van der Waals surface area contributed by atoms with E-state index in [2.05, 4.69) is 34.0 Å². The summed E-state index contributed by atoms with van der Waals surface area (Å²) < 4.78 is 37.8. The number of alkyl halides is 3. The number of rotatable bonds is 5. The number of hydrogen-bond donors (Lipinski definition) is 1. The van der Waals surface area contributed by atoms with E-state index < -0.39 is 11.9 Å². The zero-order chi connectivity index (χ0) is 18.4. The molecule has 1 aromatic rings. The van der Waals surface area contributed by atoms with Crippen molar-refractivity contribution >= 4 is 29.1 Å². The highest BCUT2D eigenvalue weighted by Crippen LogP contribution is 2.30. The summed E-state index contributed by atoms with van der Waals surface area (Å²) >= 11 is 3.04. The second-order valence-corrected chi connectivity index (χ2v) is 8.50. The zero-order valence-corrected chi connectivity index (χ0v) is 16.4. The van der Waals surface area contributed by atoms with Gasteiger partial charge in [0.25, 0.3) is 0 Å². The second kappa shape index (κ2) is 9.12. The van der Waals surface area contributed by atoms with Crippen molar-refractivity contribution in [3.05, 3.63) is 16.1 Å². The second-order valence-electron chi connectivity index (χ2n) is 6.21. The Morgan fingerprint density at radius 1 is 1.48 bits per heavy atom. The van der Waals surface area contributed by atoms with E-state index in [9.17, 15) is 13.2 Å². The number of thioether (sulfide) groups is 1. The Bertz CT molecular complexity index is 572. The maximum Gasteiger partial charge on any atom is 0.434 e. The molecular formula is C16H25F3N4S2. The van der Waals surface area contributed by atoms with Gasteiger partial charge >= 0.3 is 6.18 Å². The van der Waals surface area contributed by atoms with Crippen molar-refractivity contribution in [2.75, 3.05) is 31.9 Å². The number of guanidine groups is 1. The first-order valence-corrected chi connectivity index (χ1v) is 10.4. The lowest BCUT2D eigenvalue weighted by Crippen LogP contribution is -2.49. The summed E-state index contributed by atoms with van der Waals surface area (Å²) in [6.07, 6.45) is -3.95. The van der Waals surface area contributed by atoms with Crippen LogP contribution < -0.4 is 5.32 Å². The molecule has 1 aromatic heterocycles. The quantitative estimate of drug-likeness (QED) is 0.610. The van der Waals surface area contributed by atoms with Crippen molar-refractivity contribution < 1.29 is 13.2 Å². The van der Waals surface area contributed by atoms with E-state index in [4.69, 9.17) is 0 Å². The predicted molar refractivity (Wildman–Crippen MR) is 99.5 cm³/mol. The van der Waals surface area contributed by atoms with Gasteiger partial charge < -0.3 is 10.2 Å². The summed E-state index contributed by atoms with van der Waals surface area (Å²) in [5.41, 5.74) is -0.809. The van der Waals surface area contributed by atoms with E-state index in [0.29, 0.717) is 29.1 Å². The number of nitrogens with zero attached hydrogens (tertiary/aromatic N) is 3. The summed E-state index contributed by atoms with van der Waals surface area (Å²) in [4.78, 5) is 10.5. The van der Waals surface area contributed by atoms with Crippen LogP contribution in [0.4, 0.5) is 13.2 Å². The van der Waals surface area contributed by atoms with Gasteiger partial charge in [0.05, 0.1) is 5.01 Å². The van der Waals surface area contributed by atoms with Crippen molar-refractivity contribution in [3.63, 3.8) is 0 Å². The predicted octanol–water partition coefficient (Wildman–Crippen LogP) is 3.74. The normalized spacial score (nSPS) is 19.6. The lowest BCUT2D eigenvalue weighted by atomic mass is 10.1. The molecule has 4 nitrogen and oxygen atoms in total. The first-order valence-electron chi connectivity index (χ1n) is 8.47. The largest absolute Gasteiger partial charge is 0.434 e. The van der Waals surface area contributed by atoms with Crippen molar-refractivity contribution in [2.45, 2.75) is 38.6 Å². The molecule has 0 radical (unpaired) electrons. The lowest BCUT2D eigenvalue weighted by molar-refractivity contribution is -0.140. The van der Waals surface area contributed by atoms with Gasteiger partial charge in [-0.05, 0) is 12.8 Å². The molecule has 9 heteroatoms. The van der Waals surface area contributed by atoms with E-state index in [-0.39, 0.29) is 0 Å². The Balaban J connectivity index is 1.96. The molecule has 1 unspecified atom stereocenters. The molecular weight excluding hydrogens is 369 g/mol. The third kappa shape index (κ3) is 6.06. The van der Waals surface area contributed by atoms with Gasteiger partial charge in [0.2, 0.25) is 0 Å². The molecule has 1 N–H and O–H groups in total. The monoisotopic (exact) mass is 394 g/mol. The fraction of sp³-hybridized carbons (Fsp3) is 0.750. The van der Waals surface area contributed by atoms with E-state index in [1.807, 2.05) is 18.7 Å². The minimum absolute atomic E-state index is 0.422. The van der Waals surface area contributed by atoms with Crippen LogP contribution in [-0.2, 0) is 12.6 Å². The molecule has 1 saturated heterocycles. The molecule has 0 spiro atoms. The molecule has 1 atom stereocenters. The highest BCUT2D eigenvalue weighted by atomic mass is 32.2. The summed E-state index contributed by atoms with van der Waals surface area (Å²) in [7, 11) is 0. The van der Waals surface area contributed by atoms with Gasteiger partial charge in [-0.25, -0.2) is 4.98 Å². The first kappa shape index (κ1) is 20.4. The number of nitrogens with one attached hydrogen (secondary N) is 1. The molecule has 2 rings (SSSR count). The summed E-state index contributed by atoms with van der Waals surface area (Å²) in [6, 6.07) is 0. The minimum atomic E-state index is -4.37. The number of halogens is 3. The van der Waals surface area contributed by atoms with Gasteiger partial charge in [0.1, 0.15) is 0 Å². The van der Waals surface area contributed by atoms with Crippen molar-refractivity contribution in [2.24, 2.45) is 10.9 Å². The molecule has 0 bridgehead atoms. The van der Waals surface area contributed by atoms with Crippen LogP contribution in [0.25, 0.3) is 0 Å². The molecule has 1 aliphatic heterocycles. The van der Waals surface area contributed by atoms with Crippen molar-refractivity contribution in [1.29, 1.82) is 0 Å². The lowest BCUT2D eigenvalue weighted by Gasteiger charge is -2.36. The molecule has 25 heavy (non-hydrogen) atoms. The van der Waals surface area contributed by atoms with Crippen LogP contribution >= 0.6 is 23.1 Å². The Labute approximate surface area is 155 Å². The van der Waals surface area contributed by atoms with E-state index in [1.54, 1.807) is 0 Å². The van der Waals surface area contributed by atoms with Crippen LogP contribution in [0.1, 0.15) is 31.5 Å². The summed E-state index contributed by atoms with van der Waals surface area (Å²) in [6.45, 7) is 9.56. The van der Waals surface area contributed by atoms with E-state index >= 15 is 0 Å². The highest BCUT2D eigenvalue weighted by molar-refractivity contribution is 8.00. The highest BCUT2D eigenvalue weighted by Gasteiger charge is 2.33. The molecule has 142 valence electrons. The summed E-state index contributed by atoms with van der Waals surface area (Å²) in [5.74, 6) is 2.52. The zero-order valence-electron chi connectivity index (χ0n) is 14.8. The average molecular weight is 395 g/mol. The van der Waals surface area contributed by atoms with Crippen molar-refractivity contribution in [1.82, 2.24) is 15.2 Å². The third-order valence-corrected chi connectivity index (χ3v) is 6.35. The number of thiazole rings is 1. The molecule has 1 aliphatic rings. The number of aromatic nitrogens is 1. The Morgan fingerprint density at radius 3 is 2.84 bits per heavy atom. The van der Waals surface area contributed by atoms with Gasteiger partial charge in [-0.1, -0.05) is 13.8 Å². The van der Waals surface area contributed by atoms with Crippen LogP contribution in [0.3, 0.4) is 0 Å². The van der Waals surface area contributed by atoms with Crippen LogP contribution in [-0.4, -0.2) is 53.0 Å². The van der Waals surface area contributed by atoms with Gasteiger partial charge in [-0.3, -0.25) is 4.99 Å². The molecule has 1 fully saturated rings. The smallest absolute Gasteiger partial charge is 0.357 e. The van der Waals surface area contributed by atoms with Crippen LogP contribution in [0.2, 0.25) is 0 Å². The van der Waals surface area contributed by atoms with Gasteiger partial charge in [-0.15, -0.1) is 11.3 Å². The maximum absolute atomic E-state index is 12.6. The molecule has 0 amide bonds. The van der Waals surface area contributed by atoms with Crippen molar-refractivity contribution in [3.8, 4) is 0 Å². The summed E-state index contributed by atoms with van der Waals surface area (Å²) in [5, 5.41) is 5.41. The minimum Gasteiger partial charge on any atom is -0.357 e. The molecule has 0 aliphatic carbocycles. The van der Waals surface area contributed by atoms with Gasteiger partial charge in [0.15, 0.2) is 11.7 Å². The molecule has 0 aromatic carbocycles. The topological polar surface area (TPSA) is 40.5 Å². The van der Waals surface area contributed by atoms with Crippen LogP contribution in [0.15, 0.2) is 10.4 Å². The molecule has 2 heterocycles. The Morgan fingerprint density at radius 2 is 2.24 bits per heavy atom. The molecule has 0 saturated carbocycles. The van der Waals surface area contributed by atoms with Crippen LogP contribution in [0, 0.1) is 5.92 Å². The third-order valence-electron chi connectivity index (χ3n) is 3.90. The SMILES string of the molecule is CCNC(=NCCc1nc(C(F)(F)F)cs1)N1CCSC(C(C)C)C1. The van der Waals surface area contributed by atoms with Gasteiger partial charge in [0, 0.05) is 49.0 Å². The van der Waals surface area contributed by atoms with Gasteiger partial charge in [-0.2, -0.15) is 24.9 Å². The fourth-order valence-electron chi connectivity index (χ4n) is 2.51. The number of aliphatic imine (C=N–C) groups is 1. The first-order chi connectivity index (χ1) is 11.8. The van der Waals surface area contributed by atoms with Crippen LogP contribution in [0.5, 0.6) is 0 Å². The number of hydrogen-bond acceptors (Lipinski definition) is 4. The standard InChI is InChI=1S/C16H25F3N4S2/c1-4-20-15(23-7-8-24-12(9-23)11(2)3)21-6-5-14-22-13(10-25-14)16(17,18)19/h10-12H,4-9H2,1-3H3,(H,20,21). The fourth-order valence-corrected chi connectivity index (χ4v) is 4.60. The maximum atomic E-state index is 12.6. The van der Waals surface area contributed by atoms with E-state index in [1.165, 1.54) is 0 Å². The Hall–Kier alpha value is -0.960.